The number of aromatic nitrogens is 2. The van der Waals surface area contributed by atoms with Gasteiger partial charge in [0.25, 0.3) is 0 Å². The van der Waals surface area contributed by atoms with Crippen LogP contribution in [0.3, 0.4) is 0 Å². The first-order chi connectivity index (χ1) is 10.1. The molecular weight excluding hydrogens is 328 g/mol. The van der Waals surface area contributed by atoms with E-state index in [0.717, 1.165) is 15.0 Å². The van der Waals surface area contributed by atoms with E-state index in [-0.39, 0.29) is 11.2 Å². The lowest BCUT2D eigenvalue weighted by Crippen LogP contribution is -2.30. The molecule has 0 saturated heterocycles. The van der Waals surface area contributed by atoms with E-state index >= 15 is 0 Å². The van der Waals surface area contributed by atoms with Gasteiger partial charge in [0.05, 0.1) is 5.25 Å². The first kappa shape index (κ1) is 16.1. The minimum atomic E-state index is -0.227. The standard InChI is InChI=1S/C13H15ClN4OS2/c1-8(20-13-18-17-12(15-2)21-13)11(19)16-7-9-3-5-10(14)6-4-9/h3-6,8H,7H2,1-2H3,(H,15,17)(H,16,19)/t8-/m1/s1. The zero-order valence-electron chi connectivity index (χ0n) is 11.6. The maximum absolute atomic E-state index is 12.0. The van der Waals surface area contributed by atoms with Crippen LogP contribution in [0.25, 0.3) is 0 Å². The van der Waals surface area contributed by atoms with Crippen molar-refractivity contribution in [2.75, 3.05) is 12.4 Å². The van der Waals surface area contributed by atoms with Crippen LogP contribution in [0.2, 0.25) is 5.02 Å². The summed E-state index contributed by atoms with van der Waals surface area (Å²) >= 11 is 8.65. The summed E-state index contributed by atoms with van der Waals surface area (Å²) in [6, 6.07) is 7.40. The van der Waals surface area contributed by atoms with Crippen LogP contribution < -0.4 is 10.6 Å². The van der Waals surface area contributed by atoms with Crippen molar-refractivity contribution in [2.45, 2.75) is 23.1 Å². The van der Waals surface area contributed by atoms with Crippen molar-refractivity contribution in [3.63, 3.8) is 0 Å². The molecule has 2 rings (SSSR count). The lowest BCUT2D eigenvalue weighted by molar-refractivity contribution is -0.120. The number of rotatable bonds is 6. The van der Waals surface area contributed by atoms with Crippen molar-refractivity contribution >= 4 is 45.7 Å². The average Bonchev–Trinajstić information content (AvgIpc) is 2.94. The number of nitrogens with zero attached hydrogens (tertiary/aromatic N) is 2. The molecule has 112 valence electrons. The molecule has 8 heteroatoms. The van der Waals surface area contributed by atoms with Gasteiger partial charge in [-0.1, -0.05) is 46.8 Å². The molecule has 2 aromatic rings. The number of hydrogen-bond acceptors (Lipinski definition) is 6. The van der Waals surface area contributed by atoms with Crippen molar-refractivity contribution in [1.29, 1.82) is 0 Å². The average molecular weight is 343 g/mol. The monoisotopic (exact) mass is 342 g/mol. The Balaban J connectivity index is 1.83. The van der Waals surface area contributed by atoms with E-state index in [4.69, 9.17) is 11.6 Å². The van der Waals surface area contributed by atoms with Crippen molar-refractivity contribution in [3.05, 3.63) is 34.9 Å². The maximum atomic E-state index is 12.0. The molecular formula is C13H15ClN4OS2. The predicted molar refractivity (Wildman–Crippen MR) is 88.1 cm³/mol. The Hall–Kier alpha value is -1.31. The Labute approximate surface area is 136 Å². The van der Waals surface area contributed by atoms with Gasteiger partial charge >= 0.3 is 0 Å². The van der Waals surface area contributed by atoms with Crippen LogP contribution in [-0.2, 0) is 11.3 Å². The number of benzene rings is 1. The second-order valence-corrected chi connectivity index (χ2v) is 7.23. The fourth-order valence-corrected chi connectivity index (χ4v) is 3.50. The third-order valence-corrected chi connectivity index (χ3v) is 5.02. The van der Waals surface area contributed by atoms with Gasteiger partial charge in [-0.3, -0.25) is 4.79 Å². The minimum Gasteiger partial charge on any atom is -0.363 e. The van der Waals surface area contributed by atoms with E-state index in [1.54, 1.807) is 7.05 Å². The molecule has 0 aliphatic carbocycles. The molecule has 1 amide bonds. The Kier molecular flexibility index (Phi) is 5.84. The maximum Gasteiger partial charge on any atom is 0.233 e. The molecule has 0 bridgehead atoms. The molecule has 0 aliphatic heterocycles. The summed E-state index contributed by atoms with van der Waals surface area (Å²) in [5.41, 5.74) is 1.01. The number of carbonyl (C=O) groups is 1. The van der Waals surface area contributed by atoms with Gasteiger partial charge in [0.1, 0.15) is 0 Å². The summed E-state index contributed by atoms with van der Waals surface area (Å²) in [5.74, 6) is -0.0313. The van der Waals surface area contributed by atoms with Crippen molar-refractivity contribution in [2.24, 2.45) is 0 Å². The molecule has 1 aromatic heterocycles. The van der Waals surface area contributed by atoms with Crippen molar-refractivity contribution in [1.82, 2.24) is 15.5 Å². The normalized spacial score (nSPS) is 12.0. The summed E-state index contributed by atoms with van der Waals surface area (Å²) in [4.78, 5) is 12.0. The van der Waals surface area contributed by atoms with Crippen LogP contribution in [0.4, 0.5) is 5.13 Å². The Morgan fingerprint density at radius 3 is 2.71 bits per heavy atom. The summed E-state index contributed by atoms with van der Waals surface area (Å²) < 4.78 is 0.772. The Bertz CT molecular complexity index is 602. The van der Waals surface area contributed by atoms with Crippen LogP contribution in [0.5, 0.6) is 0 Å². The molecule has 0 fully saturated rings. The summed E-state index contributed by atoms with van der Waals surface area (Å²) in [6.07, 6.45) is 0. The van der Waals surface area contributed by atoms with Gasteiger partial charge in [-0.25, -0.2) is 0 Å². The van der Waals surface area contributed by atoms with E-state index in [1.807, 2.05) is 31.2 Å². The summed E-state index contributed by atoms with van der Waals surface area (Å²) in [5, 5.41) is 15.0. The minimum absolute atomic E-state index is 0.0313. The van der Waals surface area contributed by atoms with Crippen LogP contribution in [0.1, 0.15) is 12.5 Å². The first-order valence-electron chi connectivity index (χ1n) is 6.28. The first-order valence-corrected chi connectivity index (χ1v) is 8.36. The lowest BCUT2D eigenvalue weighted by Gasteiger charge is -2.10. The molecule has 1 aromatic carbocycles. The van der Waals surface area contributed by atoms with Gasteiger partial charge in [0.2, 0.25) is 11.0 Å². The summed E-state index contributed by atoms with van der Waals surface area (Å²) in [7, 11) is 1.79. The van der Waals surface area contributed by atoms with Crippen molar-refractivity contribution < 1.29 is 4.79 Å². The molecule has 0 unspecified atom stereocenters. The summed E-state index contributed by atoms with van der Waals surface area (Å²) in [6.45, 7) is 2.33. The quantitative estimate of drug-likeness (QED) is 0.790. The zero-order chi connectivity index (χ0) is 15.2. The third kappa shape index (κ3) is 4.87. The fourth-order valence-electron chi connectivity index (χ4n) is 1.50. The molecule has 2 N–H and O–H groups in total. The van der Waals surface area contributed by atoms with E-state index < -0.39 is 0 Å². The Morgan fingerprint density at radius 2 is 2.10 bits per heavy atom. The molecule has 1 atom stereocenters. The van der Waals surface area contributed by atoms with Crippen molar-refractivity contribution in [3.8, 4) is 0 Å². The molecule has 1 heterocycles. The van der Waals surface area contributed by atoms with E-state index in [9.17, 15) is 4.79 Å². The van der Waals surface area contributed by atoms with E-state index in [2.05, 4.69) is 20.8 Å². The van der Waals surface area contributed by atoms with Crippen LogP contribution in [0.15, 0.2) is 28.6 Å². The predicted octanol–water partition coefficient (Wildman–Crippen LogP) is 3.03. The van der Waals surface area contributed by atoms with Crippen LogP contribution in [-0.4, -0.2) is 28.4 Å². The third-order valence-electron chi connectivity index (χ3n) is 2.65. The smallest absolute Gasteiger partial charge is 0.233 e. The number of halogens is 1. The van der Waals surface area contributed by atoms with Gasteiger partial charge in [0, 0.05) is 18.6 Å². The number of hydrogen-bond donors (Lipinski definition) is 2. The van der Waals surface area contributed by atoms with Gasteiger partial charge in [-0.15, -0.1) is 10.2 Å². The van der Waals surface area contributed by atoms with E-state index in [1.165, 1.54) is 23.1 Å². The highest BCUT2D eigenvalue weighted by atomic mass is 35.5. The second kappa shape index (κ2) is 7.63. The van der Waals surface area contributed by atoms with Gasteiger partial charge in [-0.2, -0.15) is 0 Å². The SMILES string of the molecule is CNc1nnc(S[C@H](C)C(=O)NCc2ccc(Cl)cc2)s1. The van der Waals surface area contributed by atoms with Crippen LogP contribution >= 0.6 is 34.7 Å². The van der Waals surface area contributed by atoms with Gasteiger partial charge in [0.15, 0.2) is 4.34 Å². The number of amides is 1. The number of carbonyl (C=O) groups excluding carboxylic acids is 1. The fraction of sp³-hybridized carbons (Fsp3) is 0.308. The lowest BCUT2D eigenvalue weighted by atomic mass is 10.2. The van der Waals surface area contributed by atoms with Crippen LogP contribution in [0, 0.1) is 0 Å². The molecule has 21 heavy (non-hydrogen) atoms. The highest BCUT2D eigenvalue weighted by Gasteiger charge is 2.16. The molecule has 0 spiro atoms. The molecule has 0 radical (unpaired) electrons. The molecule has 0 aliphatic rings. The number of thioether (sulfide) groups is 1. The highest BCUT2D eigenvalue weighted by Crippen LogP contribution is 2.28. The number of nitrogens with one attached hydrogen (secondary N) is 2. The molecule has 0 saturated carbocycles. The van der Waals surface area contributed by atoms with Gasteiger partial charge < -0.3 is 10.6 Å². The largest absolute Gasteiger partial charge is 0.363 e. The topological polar surface area (TPSA) is 66.9 Å². The van der Waals surface area contributed by atoms with Gasteiger partial charge in [-0.05, 0) is 24.6 Å². The second-order valence-electron chi connectivity index (χ2n) is 4.23. The number of anilines is 1. The molecule has 5 nitrogen and oxygen atoms in total. The highest BCUT2D eigenvalue weighted by molar-refractivity contribution is 8.02. The Morgan fingerprint density at radius 1 is 1.38 bits per heavy atom. The van der Waals surface area contributed by atoms with E-state index in [0.29, 0.717) is 11.6 Å². The zero-order valence-corrected chi connectivity index (χ0v) is 14.0.